The second-order valence-electron chi connectivity index (χ2n) is 4.60. The second-order valence-corrected chi connectivity index (χ2v) is 4.60. The Kier molecular flexibility index (Phi) is 5.85. The number of ether oxygens (including phenoxy) is 1. The third-order valence-electron chi connectivity index (χ3n) is 2.79. The number of aryl methyl sites for hydroxylation is 2. The van der Waals surface area contributed by atoms with Crippen molar-refractivity contribution in [3.63, 3.8) is 0 Å². The van der Waals surface area contributed by atoms with Gasteiger partial charge in [-0.05, 0) is 19.4 Å². The van der Waals surface area contributed by atoms with Crippen LogP contribution in [-0.2, 0) is 11.2 Å². The summed E-state index contributed by atoms with van der Waals surface area (Å²) in [6, 6.07) is 1.58. The molecule has 19 heavy (non-hydrogen) atoms. The molecule has 0 aliphatic carbocycles. The molecule has 0 spiro atoms. The van der Waals surface area contributed by atoms with E-state index in [1.807, 2.05) is 13.8 Å². The number of nitrogens with two attached hydrogens (primary N) is 1. The molecule has 2 N–H and O–H groups in total. The highest BCUT2D eigenvalue weighted by atomic mass is 16.5. The van der Waals surface area contributed by atoms with E-state index in [1.165, 1.54) is 0 Å². The van der Waals surface area contributed by atoms with E-state index in [0.717, 1.165) is 5.69 Å². The van der Waals surface area contributed by atoms with Crippen LogP contribution in [0.15, 0.2) is 6.07 Å². The fraction of sp³-hybridized carbons (Fsp3) is 0.615. The summed E-state index contributed by atoms with van der Waals surface area (Å²) in [6.07, 6.45) is 0.673. The van der Waals surface area contributed by atoms with Gasteiger partial charge in [-0.1, -0.05) is 6.92 Å². The number of rotatable bonds is 6. The lowest BCUT2D eigenvalue weighted by Crippen LogP contribution is -2.41. The van der Waals surface area contributed by atoms with Gasteiger partial charge in [-0.25, -0.2) is 0 Å². The van der Waals surface area contributed by atoms with Crippen molar-refractivity contribution in [1.82, 2.24) is 15.1 Å². The van der Waals surface area contributed by atoms with Crippen molar-refractivity contribution >= 4 is 5.91 Å². The van der Waals surface area contributed by atoms with Crippen molar-refractivity contribution in [2.24, 2.45) is 5.73 Å². The molecule has 1 aromatic rings. The molecule has 0 radical (unpaired) electrons. The molecule has 1 aromatic heterocycles. The molecule has 1 amide bonds. The van der Waals surface area contributed by atoms with Crippen LogP contribution in [0.5, 0.6) is 0 Å². The number of hydrogen-bond donors (Lipinski definition) is 1. The highest BCUT2D eigenvalue weighted by molar-refractivity contribution is 5.95. The maximum Gasteiger partial charge on any atom is 0.255 e. The molecule has 0 aliphatic heterocycles. The summed E-state index contributed by atoms with van der Waals surface area (Å²) in [5, 5.41) is 8.04. The fourth-order valence-corrected chi connectivity index (χ4v) is 1.87. The third kappa shape index (κ3) is 4.25. The van der Waals surface area contributed by atoms with Crippen LogP contribution < -0.4 is 5.73 Å². The van der Waals surface area contributed by atoms with E-state index in [1.54, 1.807) is 25.1 Å². The van der Waals surface area contributed by atoms with Crippen LogP contribution in [0.2, 0.25) is 0 Å². The van der Waals surface area contributed by atoms with Crippen LogP contribution in [0.4, 0.5) is 0 Å². The van der Waals surface area contributed by atoms with Crippen LogP contribution in [0, 0.1) is 6.92 Å². The van der Waals surface area contributed by atoms with Gasteiger partial charge >= 0.3 is 0 Å². The van der Waals surface area contributed by atoms with E-state index in [9.17, 15) is 4.79 Å². The summed E-state index contributed by atoms with van der Waals surface area (Å²) in [5.41, 5.74) is 7.90. The van der Waals surface area contributed by atoms with Gasteiger partial charge in [0.1, 0.15) is 0 Å². The molecular weight excluding hydrogens is 244 g/mol. The maximum atomic E-state index is 12.4. The first kappa shape index (κ1) is 15.5. The van der Waals surface area contributed by atoms with E-state index < -0.39 is 0 Å². The summed E-state index contributed by atoms with van der Waals surface area (Å²) in [4.78, 5) is 14.0. The van der Waals surface area contributed by atoms with Gasteiger partial charge in [-0.15, -0.1) is 0 Å². The Morgan fingerprint density at radius 1 is 1.53 bits per heavy atom. The molecule has 0 saturated heterocycles. The zero-order chi connectivity index (χ0) is 14.4. The number of carbonyl (C=O) groups is 1. The lowest BCUT2D eigenvalue weighted by Gasteiger charge is -2.22. The Morgan fingerprint density at radius 3 is 2.79 bits per heavy atom. The lowest BCUT2D eigenvalue weighted by molar-refractivity contribution is 0.0762. The Bertz CT molecular complexity index is 437. The molecule has 0 bridgehead atoms. The van der Waals surface area contributed by atoms with E-state index in [0.29, 0.717) is 30.8 Å². The van der Waals surface area contributed by atoms with Crippen molar-refractivity contribution in [1.29, 1.82) is 0 Å². The van der Waals surface area contributed by atoms with Crippen molar-refractivity contribution in [3.05, 3.63) is 23.0 Å². The predicted octanol–water partition coefficient (Wildman–Crippen LogP) is 0.393. The van der Waals surface area contributed by atoms with Gasteiger partial charge in [-0.2, -0.15) is 10.2 Å². The van der Waals surface area contributed by atoms with Crippen LogP contribution >= 0.6 is 0 Å². The quantitative estimate of drug-likeness (QED) is 0.805. The average molecular weight is 266 g/mol. The molecule has 106 valence electrons. The van der Waals surface area contributed by atoms with Crippen LogP contribution in [0.1, 0.15) is 28.7 Å². The van der Waals surface area contributed by atoms with Crippen molar-refractivity contribution in [3.8, 4) is 0 Å². The van der Waals surface area contributed by atoms with Crippen LogP contribution in [-0.4, -0.2) is 54.4 Å². The summed E-state index contributed by atoms with van der Waals surface area (Å²) in [6.45, 7) is 4.63. The number of nitrogens with zero attached hydrogens (tertiary/aromatic N) is 3. The van der Waals surface area contributed by atoms with Gasteiger partial charge < -0.3 is 15.4 Å². The predicted molar refractivity (Wildman–Crippen MR) is 73.0 cm³/mol. The topological polar surface area (TPSA) is 81.3 Å². The molecule has 6 heteroatoms. The van der Waals surface area contributed by atoms with E-state index in [2.05, 4.69) is 10.2 Å². The molecular formula is C13H22N4O2. The van der Waals surface area contributed by atoms with Gasteiger partial charge in [0.2, 0.25) is 0 Å². The number of methoxy groups -OCH3 is 1. The zero-order valence-corrected chi connectivity index (χ0v) is 12.0. The Balaban J connectivity index is 2.84. The molecule has 0 aliphatic rings. The third-order valence-corrected chi connectivity index (χ3v) is 2.79. The molecule has 0 saturated carbocycles. The Hall–Kier alpha value is -1.53. The standard InChI is InChI=1S/C13H22N4O2/c1-5-12-11(6-9(2)15-16-12)13(18)17(3)7-10(14)8-19-4/h6,10H,5,7-8,14H2,1-4H3. The largest absolute Gasteiger partial charge is 0.383 e. The van der Waals surface area contributed by atoms with Crippen molar-refractivity contribution in [2.75, 3.05) is 27.3 Å². The van der Waals surface area contributed by atoms with E-state index >= 15 is 0 Å². The first-order chi connectivity index (χ1) is 8.99. The van der Waals surface area contributed by atoms with Crippen LogP contribution in [0.25, 0.3) is 0 Å². The minimum atomic E-state index is -0.195. The first-order valence-corrected chi connectivity index (χ1v) is 6.32. The Labute approximate surface area is 113 Å². The van der Waals surface area contributed by atoms with E-state index in [-0.39, 0.29) is 11.9 Å². The molecule has 1 atom stereocenters. The van der Waals surface area contributed by atoms with Crippen LogP contribution in [0.3, 0.4) is 0 Å². The first-order valence-electron chi connectivity index (χ1n) is 6.32. The zero-order valence-electron chi connectivity index (χ0n) is 12.0. The van der Waals surface area contributed by atoms with Gasteiger partial charge in [0.25, 0.3) is 5.91 Å². The van der Waals surface area contributed by atoms with Gasteiger partial charge in [0.05, 0.1) is 23.6 Å². The number of hydrogen-bond acceptors (Lipinski definition) is 5. The minimum absolute atomic E-state index is 0.0820. The number of aromatic nitrogens is 2. The summed E-state index contributed by atoms with van der Waals surface area (Å²) < 4.78 is 4.97. The fourth-order valence-electron chi connectivity index (χ4n) is 1.87. The highest BCUT2D eigenvalue weighted by Crippen LogP contribution is 2.10. The van der Waals surface area contributed by atoms with E-state index in [4.69, 9.17) is 10.5 Å². The number of likely N-dealkylation sites (N-methyl/N-ethyl adjacent to an activating group) is 1. The van der Waals surface area contributed by atoms with Crippen molar-refractivity contribution < 1.29 is 9.53 Å². The molecule has 6 nitrogen and oxygen atoms in total. The Morgan fingerprint density at radius 2 is 2.21 bits per heavy atom. The molecule has 1 rings (SSSR count). The summed E-state index contributed by atoms with van der Waals surface area (Å²) in [5.74, 6) is -0.0820. The number of amides is 1. The van der Waals surface area contributed by atoms with Gasteiger partial charge in [-0.3, -0.25) is 4.79 Å². The molecule has 1 heterocycles. The molecule has 0 aromatic carbocycles. The highest BCUT2D eigenvalue weighted by Gasteiger charge is 2.18. The average Bonchev–Trinajstić information content (AvgIpc) is 2.37. The normalized spacial score (nSPS) is 12.3. The smallest absolute Gasteiger partial charge is 0.255 e. The number of carbonyl (C=O) groups excluding carboxylic acids is 1. The molecule has 1 unspecified atom stereocenters. The SMILES string of the molecule is CCc1nnc(C)cc1C(=O)N(C)CC(N)COC. The second kappa shape index (κ2) is 7.16. The van der Waals surface area contributed by atoms with Crippen molar-refractivity contribution in [2.45, 2.75) is 26.3 Å². The maximum absolute atomic E-state index is 12.4. The summed E-state index contributed by atoms with van der Waals surface area (Å²) >= 11 is 0. The monoisotopic (exact) mass is 266 g/mol. The lowest BCUT2D eigenvalue weighted by atomic mass is 10.1. The van der Waals surface area contributed by atoms with Gasteiger partial charge in [0.15, 0.2) is 0 Å². The van der Waals surface area contributed by atoms with Gasteiger partial charge in [0, 0.05) is 26.7 Å². The minimum Gasteiger partial charge on any atom is -0.383 e. The molecule has 0 fully saturated rings. The summed E-state index contributed by atoms with van der Waals surface area (Å²) in [7, 11) is 3.32.